The van der Waals surface area contributed by atoms with Crippen molar-refractivity contribution < 1.29 is 0 Å². The van der Waals surface area contributed by atoms with Gasteiger partial charge in [-0.25, -0.2) is 4.68 Å². The molecule has 0 unspecified atom stereocenters. The van der Waals surface area contributed by atoms with Gasteiger partial charge in [-0.3, -0.25) is 4.98 Å². The standard InChI is InChI=1S/C53H48N4/c1-51(2,3)39-22-26-41(27-23-39)53(50-21-12-13-32-54-50,42-28-24-40(25-29-42)52(4,5)6)43-17-14-18-45(33-43)57-48-20-11-10-19-46(48)47-31-30-44(34-49(47)57)56-36-38(35-55-56)37-15-8-7-9-16-37/h7-36H,1-6H3. The summed E-state index contributed by atoms with van der Waals surface area (Å²) in [5.74, 6) is 0. The highest BCUT2D eigenvalue weighted by atomic mass is 15.3. The maximum absolute atomic E-state index is 5.17. The molecule has 6 aromatic carbocycles. The zero-order valence-corrected chi connectivity index (χ0v) is 33.6. The topological polar surface area (TPSA) is 35.6 Å². The number of rotatable bonds is 7. The lowest BCUT2D eigenvalue weighted by molar-refractivity contribution is 0.588. The average molecular weight is 741 g/mol. The van der Waals surface area contributed by atoms with Crippen LogP contribution in [-0.4, -0.2) is 19.3 Å². The highest BCUT2D eigenvalue weighted by Gasteiger charge is 2.40. The SMILES string of the molecule is CC(C)(C)c1ccc(C(c2ccc(C(C)(C)C)cc2)(c2cccc(-n3c4ccccc4c4ccc(-n5cc(-c6ccccc6)cn5)cc43)c2)c2ccccn2)cc1. The number of nitrogens with zero attached hydrogens (tertiary/aromatic N) is 4. The fourth-order valence-electron chi connectivity index (χ4n) is 8.47. The van der Waals surface area contributed by atoms with E-state index >= 15 is 0 Å². The molecule has 4 nitrogen and oxygen atoms in total. The number of benzene rings is 6. The second kappa shape index (κ2) is 13.9. The van der Waals surface area contributed by atoms with Gasteiger partial charge in [0.15, 0.2) is 0 Å². The largest absolute Gasteiger partial charge is 0.309 e. The van der Waals surface area contributed by atoms with Crippen LogP contribution in [-0.2, 0) is 16.2 Å². The van der Waals surface area contributed by atoms with E-state index in [2.05, 4.69) is 204 Å². The van der Waals surface area contributed by atoms with Crippen molar-refractivity contribution in [2.45, 2.75) is 57.8 Å². The Morgan fingerprint density at radius 3 is 1.70 bits per heavy atom. The van der Waals surface area contributed by atoms with Crippen LogP contribution in [0.1, 0.15) is 75.1 Å². The van der Waals surface area contributed by atoms with Gasteiger partial charge in [0.1, 0.15) is 0 Å². The zero-order valence-electron chi connectivity index (χ0n) is 33.6. The molecular weight excluding hydrogens is 693 g/mol. The Hall–Kier alpha value is -6.52. The Bertz CT molecular complexity index is 2770. The number of hydrogen-bond acceptors (Lipinski definition) is 2. The third kappa shape index (κ3) is 6.36. The van der Waals surface area contributed by atoms with Crippen LogP contribution in [0.25, 0.3) is 44.3 Å². The van der Waals surface area contributed by atoms with Gasteiger partial charge in [0.25, 0.3) is 0 Å². The highest BCUT2D eigenvalue weighted by molar-refractivity contribution is 6.09. The Labute approximate surface area is 336 Å². The molecule has 9 rings (SSSR count). The summed E-state index contributed by atoms with van der Waals surface area (Å²) in [5.41, 5.74) is 13.0. The lowest BCUT2D eigenvalue weighted by Gasteiger charge is -2.37. The monoisotopic (exact) mass is 740 g/mol. The number of hydrogen-bond donors (Lipinski definition) is 0. The summed E-state index contributed by atoms with van der Waals surface area (Å²) in [6, 6.07) is 59.7. The van der Waals surface area contributed by atoms with Crippen molar-refractivity contribution >= 4 is 21.8 Å². The Morgan fingerprint density at radius 1 is 0.439 bits per heavy atom. The van der Waals surface area contributed by atoms with Gasteiger partial charge < -0.3 is 4.57 Å². The number of aromatic nitrogens is 4. The predicted octanol–water partition coefficient (Wildman–Crippen LogP) is 13.0. The molecule has 280 valence electrons. The first-order valence-electron chi connectivity index (χ1n) is 19.9. The summed E-state index contributed by atoms with van der Waals surface area (Å²) in [5, 5.41) is 7.22. The molecule has 0 aliphatic heterocycles. The summed E-state index contributed by atoms with van der Waals surface area (Å²) in [4.78, 5) is 5.17. The normalized spacial score (nSPS) is 12.4. The third-order valence-electron chi connectivity index (χ3n) is 11.6. The van der Waals surface area contributed by atoms with Gasteiger partial charge in [-0.15, -0.1) is 0 Å². The van der Waals surface area contributed by atoms with Crippen molar-refractivity contribution in [2.75, 3.05) is 0 Å². The molecule has 0 saturated carbocycles. The van der Waals surface area contributed by atoms with Gasteiger partial charge in [-0.05, 0) is 86.7 Å². The van der Waals surface area contributed by atoms with E-state index in [1.54, 1.807) is 0 Å². The minimum Gasteiger partial charge on any atom is -0.309 e. The third-order valence-corrected chi connectivity index (χ3v) is 11.6. The van der Waals surface area contributed by atoms with E-state index in [1.165, 1.54) is 33.0 Å². The fraction of sp³-hybridized carbons (Fsp3) is 0.170. The van der Waals surface area contributed by atoms with Gasteiger partial charge in [0.05, 0.1) is 34.0 Å². The fourth-order valence-corrected chi connectivity index (χ4v) is 8.47. The summed E-state index contributed by atoms with van der Waals surface area (Å²) in [7, 11) is 0. The van der Waals surface area contributed by atoms with Gasteiger partial charge >= 0.3 is 0 Å². The summed E-state index contributed by atoms with van der Waals surface area (Å²) < 4.78 is 4.39. The molecule has 4 heteroatoms. The van der Waals surface area contributed by atoms with E-state index in [0.717, 1.165) is 44.8 Å². The molecule has 9 aromatic rings. The lowest BCUT2D eigenvalue weighted by atomic mass is 9.66. The maximum atomic E-state index is 5.17. The van der Waals surface area contributed by atoms with Crippen molar-refractivity contribution in [3.8, 4) is 22.5 Å². The molecule has 3 aromatic heterocycles. The van der Waals surface area contributed by atoms with E-state index in [1.807, 2.05) is 29.2 Å². The predicted molar refractivity (Wildman–Crippen MR) is 237 cm³/mol. The molecule has 0 spiro atoms. The first kappa shape index (κ1) is 36.1. The first-order valence-corrected chi connectivity index (χ1v) is 19.9. The molecule has 0 aliphatic carbocycles. The van der Waals surface area contributed by atoms with Crippen LogP contribution in [0.4, 0.5) is 0 Å². The lowest BCUT2D eigenvalue weighted by Crippen LogP contribution is -2.32. The van der Waals surface area contributed by atoms with Crippen molar-refractivity contribution in [1.29, 1.82) is 0 Å². The minimum absolute atomic E-state index is 0.0230. The van der Waals surface area contributed by atoms with E-state index < -0.39 is 5.41 Å². The smallest absolute Gasteiger partial charge is 0.0874 e. The Morgan fingerprint density at radius 2 is 1.05 bits per heavy atom. The molecule has 0 fully saturated rings. The number of para-hydroxylation sites is 1. The van der Waals surface area contributed by atoms with Crippen LogP contribution in [0.5, 0.6) is 0 Å². The van der Waals surface area contributed by atoms with Crippen LogP contribution < -0.4 is 0 Å². The van der Waals surface area contributed by atoms with E-state index in [4.69, 9.17) is 10.1 Å². The zero-order chi connectivity index (χ0) is 39.4. The first-order chi connectivity index (χ1) is 27.5. The average Bonchev–Trinajstić information content (AvgIpc) is 3.85. The van der Waals surface area contributed by atoms with E-state index in [0.29, 0.717) is 0 Å². The molecule has 0 N–H and O–H groups in total. The highest BCUT2D eigenvalue weighted by Crippen LogP contribution is 2.46. The van der Waals surface area contributed by atoms with Crippen molar-refractivity contribution in [2.24, 2.45) is 0 Å². The summed E-state index contributed by atoms with van der Waals surface area (Å²) in [6.45, 7) is 13.6. The second-order valence-corrected chi connectivity index (χ2v) is 17.3. The molecule has 57 heavy (non-hydrogen) atoms. The summed E-state index contributed by atoms with van der Waals surface area (Å²) in [6.07, 6.45) is 5.98. The molecular formula is C53H48N4. The molecule has 0 saturated heterocycles. The number of pyridine rings is 1. The van der Waals surface area contributed by atoms with Gasteiger partial charge in [0, 0.05) is 34.4 Å². The van der Waals surface area contributed by atoms with Gasteiger partial charge in [0.2, 0.25) is 0 Å². The van der Waals surface area contributed by atoms with Gasteiger partial charge in [-0.1, -0.05) is 163 Å². The van der Waals surface area contributed by atoms with Crippen LogP contribution in [0.3, 0.4) is 0 Å². The van der Waals surface area contributed by atoms with Crippen LogP contribution in [0.15, 0.2) is 182 Å². The molecule has 3 heterocycles. The molecule has 0 amide bonds. The van der Waals surface area contributed by atoms with Crippen LogP contribution >= 0.6 is 0 Å². The van der Waals surface area contributed by atoms with E-state index in [9.17, 15) is 0 Å². The van der Waals surface area contributed by atoms with Gasteiger partial charge in [-0.2, -0.15) is 5.10 Å². The maximum Gasteiger partial charge on any atom is 0.0874 e. The quantitative estimate of drug-likeness (QED) is 0.153. The van der Waals surface area contributed by atoms with Crippen LogP contribution in [0, 0.1) is 0 Å². The van der Waals surface area contributed by atoms with Crippen LogP contribution in [0.2, 0.25) is 0 Å². The molecule has 0 radical (unpaired) electrons. The molecule has 0 bridgehead atoms. The van der Waals surface area contributed by atoms with Crippen molar-refractivity contribution in [3.63, 3.8) is 0 Å². The molecule has 0 atom stereocenters. The Kier molecular flexibility index (Phi) is 8.81. The number of fused-ring (bicyclic) bond motifs is 3. The second-order valence-electron chi connectivity index (χ2n) is 17.3. The summed E-state index contributed by atoms with van der Waals surface area (Å²) >= 11 is 0. The van der Waals surface area contributed by atoms with E-state index in [-0.39, 0.29) is 10.8 Å². The van der Waals surface area contributed by atoms with Crippen molar-refractivity contribution in [3.05, 3.63) is 216 Å². The minimum atomic E-state index is -0.711. The molecule has 0 aliphatic rings. The van der Waals surface area contributed by atoms with Crippen molar-refractivity contribution in [1.82, 2.24) is 19.3 Å². The Balaban J connectivity index is 1.29.